The van der Waals surface area contributed by atoms with Crippen molar-refractivity contribution >= 4 is 40.5 Å². The van der Waals surface area contributed by atoms with Crippen molar-refractivity contribution < 1.29 is 9.72 Å². The third kappa shape index (κ3) is 4.86. The van der Waals surface area contributed by atoms with Crippen LogP contribution in [0.2, 0.25) is 0 Å². The standard InChI is InChI=1S/C24H19N5O4S/c1-16-8-2-6-12-20(16)28-23(31)18-10-4-5-11-19(18)26-24(28)34-15-22(30)27-25-14-17-9-3-7-13-21(17)29(32)33/h2-14H,15H2,1H3,(H,27,30). The number of para-hydroxylation sites is 3. The Morgan fingerprint density at radius 3 is 2.62 bits per heavy atom. The normalized spacial score (nSPS) is 11.1. The van der Waals surface area contributed by atoms with E-state index in [-0.39, 0.29) is 22.6 Å². The van der Waals surface area contributed by atoms with Crippen LogP contribution in [0.15, 0.2) is 87.8 Å². The predicted octanol–water partition coefficient (Wildman–Crippen LogP) is 3.84. The van der Waals surface area contributed by atoms with E-state index in [2.05, 4.69) is 15.5 Å². The maximum atomic E-state index is 13.3. The van der Waals surface area contributed by atoms with Crippen LogP contribution in [-0.2, 0) is 4.79 Å². The van der Waals surface area contributed by atoms with Gasteiger partial charge in [-0.2, -0.15) is 5.10 Å². The Bertz CT molecular complexity index is 1480. The van der Waals surface area contributed by atoms with Gasteiger partial charge in [0.2, 0.25) is 0 Å². The highest BCUT2D eigenvalue weighted by Crippen LogP contribution is 2.23. The number of benzene rings is 3. The average molecular weight is 474 g/mol. The van der Waals surface area contributed by atoms with E-state index in [4.69, 9.17) is 0 Å². The van der Waals surface area contributed by atoms with Crippen LogP contribution in [-0.4, -0.2) is 32.3 Å². The Hall–Kier alpha value is -4.31. The van der Waals surface area contributed by atoms with Crippen LogP contribution in [0.5, 0.6) is 0 Å². The first-order chi connectivity index (χ1) is 16.5. The molecule has 1 aromatic heterocycles. The first kappa shape index (κ1) is 22.9. The van der Waals surface area contributed by atoms with E-state index in [0.717, 1.165) is 17.3 Å². The predicted molar refractivity (Wildman–Crippen MR) is 132 cm³/mol. The Balaban J connectivity index is 1.57. The van der Waals surface area contributed by atoms with Crippen molar-refractivity contribution in [3.05, 3.63) is 104 Å². The van der Waals surface area contributed by atoms with E-state index in [9.17, 15) is 19.7 Å². The number of hydrogen-bond donors (Lipinski definition) is 1. The number of amides is 1. The van der Waals surface area contributed by atoms with Gasteiger partial charge in [-0.25, -0.2) is 10.4 Å². The van der Waals surface area contributed by atoms with E-state index in [1.807, 2.05) is 31.2 Å². The quantitative estimate of drug-likeness (QED) is 0.143. The summed E-state index contributed by atoms with van der Waals surface area (Å²) in [7, 11) is 0. The minimum atomic E-state index is -0.519. The highest BCUT2D eigenvalue weighted by atomic mass is 32.2. The number of nitro groups is 1. The smallest absolute Gasteiger partial charge is 0.272 e. The van der Waals surface area contributed by atoms with Gasteiger partial charge in [0.25, 0.3) is 17.2 Å². The van der Waals surface area contributed by atoms with Gasteiger partial charge in [0.05, 0.1) is 39.0 Å². The van der Waals surface area contributed by atoms with E-state index in [0.29, 0.717) is 21.7 Å². The number of hydrogen-bond acceptors (Lipinski definition) is 7. The highest BCUT2D eigenvalue weighted by Gasteiger charge is 2.16. The summed E-state index contributed by atoms with van der Waals surface area (Å²) in [5, 5.41) is 15.8. The molecule has 0 atom stereocenters. The summed E-state index contributed by atoms with van der Waals surface area (Å²) < 4.78 is 1.51. The summed E-state index contributed by atoms with van der Waals surface area (Å²) in [5.74, 6) is -0.510. The summed E-state index contributed by atoms with van der Waals surface area (Å²) in [5.41, 5.74) is 4.40. The van der Waals surface area contributed by atoms with Gasteiger partial charge in [0.1, 0.15) is 0 Å². The third-order valence-corrected chi connectivity index (χ3v) is 5.90. The summed E-state index contributed by atoms with van der Waals surface area (Å²) in [4.78, 5) is 40.9. The fourth-order valence-electron chi connectivity index (χ4n) is 3.34. The maximum Gasteiger partial charge on any atom is 0.278 e. The molecule has 0 spiro atoms. The lowest BCUT2D eigenvalue weighted by atomic mass is 10.2. The van der Waals surface area contributed by atoms with Gasteiger partial charge in [-0.1, -0.05) is 54.2 Å². The van der Waals surface area contributed by atoms with Crippen LogP contribution in [0.3, 0.4) is 0 Å². The summed E-state index contributed by atoms with van der Waals surface area (Å²) in [6.45, 7) is 1.90. The lowest BCUT2D eigenvalue weighted by molar-refractivity contribution is -0.385. The number of thioether (sulfide) groups is 1. The Morgan fingerprint density at radius 2 is 1.82 bits per heavy atom. The van der Waals surface area contributed by atoms with Crippen molar-refractivity contribution in [3.8, 4) is 5.69 Å². The largest absolute Gasteiger partial charge is 0.278 e. The molecule has 0 unspecified atom stereocenters. The molecule has 4 rings (SSSR count). The minimum Gasteiger partial charge on any atom is -0.272 e. The number of aromatic nitrogens is 2. The van der Waals surface area contributed by atoms with Crippen LogP contribution < -0.4 is 11.0 Å². The number of hydrazone groups is 1. The zero-order valence-corrected chi connectivity index (χ0v) is 18.9. The van der Waals surface area contributed by atoms with Crippen molar-refractivity contribution in [3.63, 3.8) is 0 Å². The molecule has 10 heteroatoms. The van der Waals surface area contributed by atoms with Gasteiger partial charge in [-0.15, -0.1) is 0 Å². The van der Waals surface area contributed by atoms with E-state index < -0.39 is 10.8 Å². The molecule has 0 aliphatic heterocycles. The molecule has 0 saturated carbocycles. The van der Waals surface area contributed by atoms with E-state index >= 15 is 0 Å². The summed E-state index contributed by atoms with van der Waals surface area (Å²) in [6, 6.07) is 20.6. The van der Waals surface area contributed by atoms with Crippen molar-refractivity contribution in [2.24, 2.45) is 5.10 Å². The van der Waals surface area contributed by atoms with E-state index in [1.165, 1.54) is 22.9 Å². The summed E-state index contributed by atoms with van der Waals surface area (Å²) in [6.07, 6.45) is 1.22. The Labute approximate surface area is 198 Å². The molecular weight excluding hydrogens is 454 g/mol. The van der Waals surface area contributed by atoms with Crippen molar-refractivity contribution in [2.45, 2.75) is 12.1 Å². The lowest BCUT2D eigenvalue weighted by Crippen LogP contribution is -2.24. The molecule has 0 bridgehead atoms. The monoisotopic (exact) mass is 473 g/mol. The molecule has 170 valence electrons. The van der Waals surface area contributed by atoms with Crippen LogP contribution in [0.1, 0.15) is 11.1 Å². The second-order valence-corrected chi connectivity index (χ2v) is 8.18. The topological polar surface area (TPSA) is 119 Å². The molecule has 1 N–H and O–H groups in total. The number of carbonyl (C=O) groups excluding carboxylic acids is 1. The number of nitro benzene ring substituents is 1. The molecule has 3 aromatic carbocycles. The molecule has 0 saturated heterocycles. The second kappa shape index (κ2) is 10.1. The summed E-state index contributed by atoms with van der Waals surface area (Å²) >= 11 is 1.10. The van der Waals surface area contributed by atoms with Gasteiger partial charge in [-0.05, 0) is 36.8 Å². The molecule has 1 heterocycles. The van der Waals surface area contributed by atoms with Gasteiger partial charge in [-0.3, -0.25) is 24.3 Å². The van der Waals surface area contributed by atoms with Crippen LogP contribution in [0, 0.1) is 17.0 Å². The number of nitrogens with one attached hydrogen (secondary N) is 1. The number of rotatable bonds is 7. The van der Waals surface area contributed by atoms with Crippen molar-refractivity contribution in [2.75, 3.05) is 5.75 Å². The van der Waals surface area contributed by atoms with Gasteiger partial charge in [0, 0.05) is 6.07 Å². The minimum absolute atomic E-state index is 0.0646. The van der Waals surface area contributed by atoms with Gasteiger partial charge >= 0.3 is 0 Å². The molecule has 4 aromatic rings. The van der Waals surface area contributed by atoms with Crippen molar-refractivity contribution in [1.82, 2.24) is 15.0 Å². The fraction of sp³-hybridized carbons (Fsp3) is 0.0833. The molecule has 9 nitrogen and oxygen atoms in total. The average Bonchev–Trinajstić information content (AvgIpc) is 2.84. The zero-order valence-electron chi connectivity index (χ0n) is 18.0. The molecule has 34 heavy (non-hydrogen) atoms. The third-order valence-electron chi connectivity index (χ3n) is 4.96. The first-order valence-corrected chi connectivity index (χ1v) is 11.2. The number of aryl methyl sites for hydroxylation is 1. The number of nitrogens with zero attached hydrogens (tertiary/aromatic N) is 4. The number of carbonyl (C=O) groups is 1. The first-order valence-electron chi connectivity index (χ1n) is 10.2. The highest BCUT2D eigenvalue weighted by molar-refractivity contribution is 7.99. The maximum absolute atomic E-state index is 13.3. The zero-order chi connectivity index (χ0) is 24.1. The Morgan fingerprint density at radius 1 is 1.12 bits per heavy atom. The molecule has 0 aliphatic rings. The van der Waals surface area contributed by atoms with Crippen LogP contribution in [0.25, 0.3) is 16.6 Å². The Kier molecular flexibility index (Phi) is 6.79. The SMILES string of the molecule is Cc1ccccc1-n1c(SCC(=O)NN=Cc2ccccc2[N+](=O)[O-])nc2ccccc2c1=O. The van der Waals surface area contributed by atoms with Gasteiger partial charge in [0.15, 0.2) is 5.16 Å². The van der Waals surface area contributed by atoms with Crippen molar-refractivity contribution in [1.29, 1.82) is 0 Å². The van der Waals surface area contributed by atoms with Gasteiger partial charge < -0.3 is 0 Å². The van der Waals surface area contributed by atoms with Crippen LogP contribution in [0.4, 0.5) is 5.69 Å². The molecular formula is C24H19N5O4S. The molecule has 0 fully saturated rings. The molecule has 0 aliphatic carbocycles. The lowest BCUT2D eigenvalue weighted by Gasteiger charge is -2.14. The van der Waals surface area contributed by atoms with Crippen LogP contribution >= 0.6 is 11.8 Å². The molecule has 0 radical (unpaired) electrons. The molecule has 1 amide bonds. The fourth-order valence-corrected chi connectivity index (χ4v) is 4.13. The second-order valence-electron chi connectivity index (χ2n) is 7.24. The number of fused-ring (bicyclic) bond motifs is 1. The van der Waals surface area contributed by atoms with E-state index in [1.54, 1.807) is 36.4 Å².